The molecule has 0 bridgehead atoms. The van der Waals surface area contributed by atoms with Gasteiger partial charge in [0.05, 0.1) is 4.92 Å². The first kappa shape index (κ1) is 12.4. The molecule has 0 N–H and O–H groups in total. The second-order valence-corrected chi connectivity index (χ2v) is 3.61. The van der Waals surface area contributed by atoms with Gasteiger partial charge in [0.15, 0.2) is 0 Å². The zero-order valence-corrected chi connectivity index (χ0v) is 9.53. The standard InChI is InChI=1S/C12H15NO3/c1-3-5-11-10(4-2)9(8-14)6-7-12(11)13(15)16/h6-8H,3-5H2,1-2H3. The summed E-state index contributed by atoms with van der Waals surface area (Å²) in [6.07, 6.45) is 2.88. The van der Waals surface area contributed by atoms with Crippen LogP contribution in [0, 0.1) is 10.1 Å². The van der Waals surface area contributed by atoms with Gasteiger partial charge in [-0.3, -0.25) is 14.9 Å². The van der Waals surface area contributed by atoms with Crippen molar-refractivity contribution in [2.75, 3.05) is 0 Å². The van der Waals surface area contributed by atoms with Gasteiger partial charge >= 0.3 is 0 Å². The third-order valence-electron chi connectivity index (χ3n) is 2.62. The number of hydrogen-bond acceptors (Lipinski definition) is 3. The summed E-state index contributed by atoms with van der Waals surface area (Å²) in [5.74, 6) is 0. The lowest BCUT2D eigenvalue weighted by Gasteiger charge is -2.09. The van der Waals surface area contributed by atoms with Crippen molar-refractivity contribution in [1.82, 2.24) is 0 Å². The van der Waals surface area contributed by atoms with E-state index >= 15 is 0 Å². The van der Waals surface area contributed by atoms with Gasteiger partial charge in [-0.2, -0.15) is 0 Å². The average Bonchev–Trinajstić information content (AvgIpc) is 2.28. The highest BCUT2D eigenvalue weighted by molar-refractivity contribution is 5.79. The minimum Gasteiger partial charge on any atom is -0.298 e. The van der Waals surface area contributed by atoms with Crippen LogP contribution in [0.3, 0.4) is 0 Å². The molecule has 0 saturated carbocycles. The molecule has 0 aliphatic rings. The lowest BCUT2D eigenvalue weighted by Crippen LogP contribution is -2.03. The summed E-state index contributed by atoms with van der Waals surface area (Å²) in [5.41, 5.74) is 2.21. The zero-order valence-electron chi connectivity index (χ0n) is 9.53. The fourth-order valence-electron chi connectivity index (χ4n) is 1.93. The van der Waals surface area contributed by atoms with Crippen molar-refractivity contribution in [1.29, 1.82) is 0 Å². The Morgan fingerprint density at radius 1 is 1.31 bits per heavy atom. The van der Waals surface area contributed by atoms with Gasteiger partial charge in [-0.1, -0.05) is 20.3 Å². The highest BCUT2D eigenvalue weighted by Crippen LogP contribution is 2.26. The molecule has 0 aliphatic carbocycles. The fraction of sp³-hybridized carbons (Fsp3) is 0.417. The number of aldehydes is 1. The highest BCUT2D eigenvalue weighted by atomic mass is 16.6. The van der Waals surface area contributed by atoms with E-state index in [0.29, 0.717) is 24.0 Å². The lowest BCUT2D eigenvalue weighted by molar-refractivity contribution is -0.385. The molecule has 0 aliphatic heterocycles. The molecule has 0 unspecified atom stereocenters. The van der Waals surface area contributed by atoms with Crippen LogP contribution in [-0.2, 0) is 12.8 Å². The van der Waals surface area contributed by atoms with Crippen LogP contribution in [-0.4, -0.2) is 11.2 Å². The zero-order chi connectivity index (χ0) is 12.1. The Balaban J connectivity index is 3.43. The Morgan fingerprint density at radius 3 is 2.44 bits per heavy atom. The molecular weight excluding hydrogens is 206 g/mol. The summed E-state index contributed by atoms with van der Waals surface area (Å²) >= 11 is 0. The predicted octanol–water partition coefficient (Wildman–Crippen LogP) is 2.92. The summed E-state index contributed by atoms with van der Waals surface area (Å²) in [6, 6.07) is 2.96. The number of hydrogen-bond donors (Lipinski definition) is 0. The third kappa shape index (κ3) is 2.27. The van der Waals surface area contributed by atoms with Gasteiger partial charge in [-0.15, -0.1) is 0 Å². The van der Waals surface area contributed by atoms with E-state index in [9.17, 15) is 14.9 Å². The molecule has 4 nitrogen and oxygen atoms in total. The molecule has 1 rings (SSSR count). The summed E-state index contributed by atoms with van der Waals surface area (Å²) < 4.78 is 0. The molecule has 0 aromatic heterocycles. The minimum absolute atomic E-state index is 0.129. The molecule has 0 saturated heterocycles. The number of nitro groups is 1. The summed E-state index contributed by atoms with van der Waals surface area (Å²) in [4.78, 5) is 21.4. The Kier molecular flexibility index (Phi) is 4.17. The van der Waals surface area contributed by atoms with Gasteiger partial charge in [0, 0.05) is 17.2 Å². The molecule has 86 valence electrons. The van der Waals surface area contributed by atoms with E-state index in [-0.39, 0.29) is 10.6 Å². The third-order valence-corrected chi connectivity index (χ3v) is 2.62. The molecule has 0 spiro atoms. The van der Waals surface area contributed by atoms with Gasteiger partial charge < -0.3 is 0 Å². The van der Waals surface area contributed by atoms with Crippen LogP contribution in [0.15, 0.2) is 12.1 Å². The SMILES string of the molecule is CCCc1c([N+](=O)[O-])ccc(C=O)c1CC. The Hall–Kier alpha value is -1.71. The number of nitro benzene ring substituents is 1. The molecular formula is C12H15NO3. The first-order valence-corrected chi connectivity index (χ1v) is 5.40. The molecule has 0 radical (unpaired) electrons. The van der Waals surface area contributed by atoms with Crippen LogP contribution < -0.4 is 0 Å². The molecule has 0 atom stereocenters. The van der Waals surface area contributed by atoms with E-state index in [4.69, 9.17) is 0 Å². The van der Waals surface area contributed by atoms with Crippen molar-refractivity contribution in [2.45, 2.75) is 33.1 Å². The normalized spacial score (nSPS) is 10.1. The monoisotopic (exact) mass is 221 g/mol. The summed E-state index contributed by atoms with van der Waals surface area (Å²) in [5, 5.41) is 10.9. The second kappa shape index (κ2) is 5.39. The summed E-state index contributed by atoms with van der Waals surface area (Å²) in [6.45, 7) is 3.88. The van der Waals surface area contributed by atoms with Gasteiger partial charge in [0.2, 0.25) is 0 Å². The maximum atomic E-state index is 10.9. The first-order valence-electron chi connectivity index (χ1n) is 5.40. The van der Waals surface area contributed by atoms with Crippen molar-refractivity contribution >= 4 is 12.0 Å². The van der Waals surface area contributed by atoms with Crippen molar-refractivity contribution in [3.05, 3.63) is 38.9 Å². The smallest absolute Gasteiger partial charge is 0.272 e. The van der Waals surface area contributed by atoms with Gasteiger partial charge in [0.1, 0.15) is 6.29 Å². The van der Waals surface area contributed by atoms with Crippen molar-refractivity contribution in [3.8, 4) is 0 Å². The van der Waals surface area contributed by atoms with Crippen LogP contribution >= 0.6 is 0 Å². The maximum absolute atomic E-state index is 10.9. The Morgan fingerprint density at radius 2 is 2.00 bits per heavy atom. The van der Waals surface area contributed by atoms with Crippen molar-refractivity contribution < 1.29 is 9.72 Å². The van der Waals surface area contributed by atoms with Gasteiger partial charge in [-0.25, -0.2) is 0 Å². The fourth-order valence-corrected chi connectivity index (χ4v) is 1.93. The topological polar surface area (TPSA) is 60.2 Å². The maximum Gasteiger partial charge on any atom is 0.272 e. The Labute approximate surface area is 94.4 Å². The van der Waals surface area contributed by atoms with E-state index in [2.05, 4.69) is 0 Å². The van der Waals surface area contributed by atoms with Crippen LogP contribution in [0.5, 0.6) is 0 Å². The van der Waals surface area contributed by atoms with Crippen molar-refractivity contribution in [2.24, 2.45) is 0 Å². The number of carbonyl (C=O) groups excluding carboxylic acids is 1. The van der Waals surface area contributed by atoms with Crippen LogP contribution in [0.1, 0.15) is 41.8 Å². The number of benzene rings is 1. The minimum atomic E-state index is -0.376. The van der Waals surface area contributed by atoms with E-state index in [1.807, 2.05) is 13.8 Å². The molecule has 1 aromatic carbocycles. The molecule has 0 fully saturated rings. The molecule has 4 heteroatoms. The first-order chi connectivity index (χ1) is 7.65. The summed E-state index contributed by atoms with van der Waals surface area (Å²) in [7, 11) is 0. The van der Waals surface area contributed by atoms with E-state index in [1.165, 1.54) is 12.1 Å². The van der Waals surface area contributed by atoms with Gasteiger partial charge in [-0.05, 0) is 24.5 Å². The number of nitrogens with zero attached hydrogens (tertiary/aromatic N) is 1. The van der Waals surface area contributed by atoms with E-state index < -0.39 is 0 Å². The molecule has 0 amide bonds. The quantitative estimate of drug-likeness (QED) is 0.436. The molecule has 0 heterocycles. The lowest BCUT2D eigenvalue weighted by atomic mass is 9.95. The highest BCUT2D eigenvalue weighted by Gasteiger charge is 2.18. The number of rotatable bonds is 5. The molecule has 1 aromatic rings. The van der Waals surface area contributed by atoms with E-state index in [0.717, 1.165) is 18.3 Å². The van der Waals surface area contributed by atoms with Crippen LogP contribution in [0.25, 0.3) is 0 Å². The van der Waals surface area contributed by atoms with Crippen molar-refractivity contribution in [3.63, 3.8) is 0 Å². The van der Waals surface area contributed by atoms with Gasteiger partial charge in [0.25, 0.3) is 5.69 Å². The Bertz CT molecular complexity index is 413. The predicted molar refractivity (Wildman–Crippen MR) is 61.9 cm³/mol. The molecule has 16 heavy (non-hydrogen) atoms. The largest absolute Gasteiger partial charge is 0.298 e. The van der Waals surface area contributed by atoms with Crippen LogP contribution in [0.4, 0.5) is 5.69 Å². The average molecular weight is 221 g/mol. The number of carbonyl (C=O) groups is 1. The van der Waals surface area contributed by atoms with Crippen LogP contribution in [0.2, 0.25) is 0 Å². The second-order valence-electron chi connectivity index (χ2n) is 3.61. The van der Waals surface area contributed by atoms with E-state index in [1.54, 1.807) is 0 Å².